The molecule has 0 spiro atoms. The molecule has 1 nitrogen and oxygen atoms in total. The molecule has 0 fully saturated rings. The molecule has 0 radical (unpaired) electrons. The zero-order valence-electron chi connectivity index (χ0n) is 6.94. The Morgan fingerprint density at radius 2 is 2.00 bits per heavy atom. The SMILES string of the molecule is O=C1CCc2cc(F)c(Cl)cc2C1. The maximum absolute atomic E-state index is 13.0. The smallest absolute Gasteiger partial charge is 0.142 e. The van der Waals surface area contributed by atoms with Gasteiger partial charge in [0.2, 0.25) is 0 Å². The van der Waals surface area contributed by atoms with Crippen molar-refractivity contribution < 1.29 is 9.18 Å². The highest BCUT2D eigenvalue weighted by Gasteiger charge is 2.17. The van der Waals surface area contributed by atoms with Gasteiger partial charge in [0, 0.05) is 12.8 Å². The topological polar surface area (TPSA) is 17.1 Å². The van der Waals surface area contributed by atoms with Crippen LogP contribution in [-0.2, 0) is 17.6 Å². The Balaban J connectivity index is 2.49. The van der Waals surface area contributed by atoms with Crippen molar-refractivity contribution in [2.45, 2.75) is 19.3 Å². The quantitative estimate of drug-likeness (QED) is 0.626. The second-order valence-electron chi connectivity index (χ2n) is 3.25. The molecule has 13 heavy (non-hydrogen) atoms. The Morgan fingerprint density at radius 1 is 1.23 bits per heavy atom. The summed E-state index contributed by atoms with van der Waals surface area (Å²) in [6, 6.07) is 2.99. The van der Waals surface area contributed by atoms with Crippen LogP contribution in [0.2, 0.25) is 5.02 Å². The van der Waals surface area contributed by atoms with E-state index in [2.05, 4.69) is 0 Å². The minimum Gasteiger partial charge on any atom is -0.299 e. The van der Waals surface area contributed by atoms with E-state index in [1.165, 1.54) is 6.07 Å². The summed E-state index contributed by atoms with van der Waals surface area (Å²) in [5.74, 6) is -0.190. The molecular weight excluding hydrogens is 191 g/mol. The zero-order chi connectivity index (χ0) is 9.42. The second-order valence-corrected chi connectivity index (χ2v) is 3.66. The van der Waals surface area contributed by atoms with Crippen LogP contribution < -0.4 is 0 Å². The van der Waals surface area contributed by atoms with Gasteiger partial charge in [-0.2, -0.15) is 0 Å². The summed E-state index contributed by atoms with van der Waals surface area (Å²) in [7, 11) is 0. The molecular formula is C10H8ClFO. The van der Waals surface area contributed by atoms with Crippen molar-refractivity contribution in [3.05, 3.63) is 34.1 Å². The molecule has 3 heteroatoms. The van der Waals surface area contributed by atoms with Gasteiger partial charge >= 0.3 is 0 Å². The summed E-state index contributed by atoms with van der Waals surface area (Å²) in [6.45, 7) is 0. The van der Waals surface area contributed by atoms with E-state index in [1.54, 1.807) is 6.07 Å². The molecule has 0 aliphatic heterocycles. The molecule has 0 atom stereocenters. The lowest BCUT2D eigenvalue weighted by Gasteiger charge is -2.14. The number of rotatable bonds is 0. The van der Waals surface area contributed by atoms with Crippen LogP contribution in [0, 0.1) is 5.82 Å². The third-order valence-corrected chi connectivity index (χ3v) is 2.59. The molecule has 1 aliphatic carbocycles. The summed E-state index contributed by atoms with van der Waals surface area (Å²) in [5, 5.41) is 0.105. The van der Waals surface area contributed by atoms with Crippen molar-refractivity contribution in [1.82, 2.24) is 0 Å². The molecule has 0 unspecified atom stereocenters. The highest BCUT2D eigenvalue weighted by molar-refractivity contribution is 6.30. The fraction of sp³-hybridized carbons (Fsp3) is 0.300. The summed E-state index contributed by atoms with van der Waals surface area (Å²) in [5.41, 5.74) is 1.80. The van der Waals surface area contributed by atoms with Gasteiger partial charge in [-0.1, -0.05) is 11.6 Å². The van der Waals surface area contributed by atoms with Gasteiger partial charge in [-0.15, -0.1) is 0 Å². The van der Waals surface area contributed by atoms with Crippen LogP contribution in [0.4, 0.5) is 4.39 Å². The maximum Gasteiger partial charge on any atom is 0.142 e. The molecule has 0 saturated heterocycles. The predicted octanol–water partition coefficient (Wildman–Crippen LogP) is 2.54. The van der Waals surface area contributed by atoms with Gasteiger partial charge in [0.15, 0.2) is 0 Å². The minimum atomic E-state index is -0.394. The number of carbonyl (C=O) groups excluding carboxylic acids is 1. The van der Waals surface area contributed by atoms with Crippen LogP contribution in [0.3, 0.4) is 0 Å². The van der Waals surface area contributed by atoms with E-state index < -0.39 is 5.82 Å². The molecule has 1 aromatic carbocycles. The number of hydrogen-bond donors (Lipinski definition) is 0. The molecule has 0 bridgehead atoms. The lowest BCUT2D eigenvalue weighted by atomic mass is 9.91. The van der Waals surface area contributed by atoms with E-state index >= 15 is 0 Å². The first-order valence-corrected chi connectivity index (χ1v) is 4.53. The number of Topliss-reactive ketones (excluding diaryl/α,β-unsaturated/α-hetero) is 1. The molecule has 0 N–H and O–H groups in total. The second kappa shape index (κ2) is 3.11. The predicted molar refractivity (Wildman–Crippen MR) is 48.4 cm³/mol. The van der Waals surface area contributed by atoms with Crippen LogP contribution in [0.25, 0.3) is 0 Å². The fourth-order valence-electron chi connectivity index (χ4n) is 1.60. The lowest BCUT2D eigenvalue weighted by molar-refractivity contribution is -0.118. The number of hydrogen-bond acceptors (Lipinski definition) is 1. The third kappa shape index (κ3) is 1.59. The van der Waals surface area contributed by atoms with E-state index in [0.717, 1.165) is 11.1 Å². The maximum atomic E-state index is 13.0. The van der Waals surface area contributed by atoms with Gasteiger partial charge in [-0.05, 0) is 29.7 Å². The van der Waals surface area contributed by atoms with Crippen molar-refractivity contribution in [1.29, 1.82) is 0 Å². The van der Waals surface area contributed by atoms with Crippen molar-refractivity contribution in [2.75, 3.05) is 0 Å². The number of fused-ring (bicyclic) bond motifs is 1. The summed E-state index contributed by atoms with van der Waals surface area (Å²) < 4.78 is 13.0. The average molecular weight is 199 g/mol. The molecule has 0 aromatic heterocycles. The van der Waals surface area contributed by atoms with Crippen molar-refractivity contribution in [3.63, 3.8) is 0 Å². The average Bonchev–Trinajstić information content (AvgIpc) is 2.08. The first-order chi connectivity index (χ1) is 6.16. The lowest BCUT2D eigenvalue weighted by Crippen LogP contribution is -2.13. The number of carbonyl (C=O) groups is 1. The Bertz CT molecular complexity index is 373. The molecule has 0 heterocycles. The molecule has 2 rings (SSSR count). The summed E-state index contributed by atoms with van der Waals surface area (Å²) >= 11 is 5.61. The van der Waals surface area contributed by atoms with Gasteiger partial charge < -0.3 is 0 Å². The number of benzene rings is 1. The first kappa shape index (κ1) is 8.70. The normalized spacial score (nSPS) is 15.7. The molecule has 1 aliphatic rings. The highest BCUT2D eigenvalue weighted by atomic mass is 35.5. The van der Waals surface area contributed by atoms with Crippen LogP contribution in [-0.4, -0.2) is 5.78 Å². The van der Waals surface area contributed by atoms with Crippen LogP contribution in [0.5, 0.6) is 0 Å². The van der Waals surface area contributed by atoms with Crippen LogP contribution in [0.1, 0.15) is 17.5 Å². The van der Waals surface area contributed by atoms with Crippen molar-refractivity contribution in [3.8, 4) is 0 Å². The molecule has 0 amide bonds. The summed E-state index contributed by atoms with van der Waals surface area (Å²) in [4.78, 5) is 11.1. The Labute approximate surface area is 80.5 Å². The van der Waals surface area contributed by atoms with E-state index in [-0.39, 0.29) is 10.8 Å². The van der Waals surface area contributed by atoms with Crippen LogP contribution >= 0.6 is 11.6 Å². The molecule has 0 saturated carbocycles. The Morgan fingerprint density at radius 3 is 2.77 bits per heavy atom. The van der Waals surface area contributed by atoms with E-state index in [1.807, 2.05) is 0 Å². The largest absolute Gasteiger partial charge is 0.299 e. The van der Waals surface area contributed by atoms with Crippen molar-refractivity contribution in [2.24, 2.45) is 0 Å². The Hall–Kier alpha value is -0.890. The zero-order valence-corrected chi connectivity index (χ0v) is 7.70. The van der Waals surface area contributed by atoms with Gasteiger partial charge in [0.05, 0.1) is 5.02 Å². The van der Waals surface area contributed by atoms with E-state index in [0.29, 0.717) is 19.3 Å². The van der Waals surface area contributed by atoms with E-state index in [9.17, 15) is 9.18 Å². The highest BCUT2D eigenvalue weighted by Crippen LogP contribution is 2.25. The summed E-state index contributed by atoms with van der Waals surface area (Å²) in [6.07, 6.45) is 1.56. The van der Waals surface area contributed by atoms with Gasteiger partial charge in [-0.3, -0.25) is 4.79 Å². The number of aryl methyl sites for hydroxylation is 1. The fourth-order valence-corrected chi connectivity index (χ4v) is 1.79. The third-order valence-electron chi connectivity index (χ3n) is 2.30. The molecule has 68 valence electrons. The number of ketones is 1. The number of halogens is 2. The van der Waals surface area contributed by atoms with E-state index in [4.69, 9.17) is 11.6 Å². The first-order valence-electron chi connectivity index (χ1n) is 4.15. The monoisotopic (exact) mass is 198 g/mol. The minimum absolute atomic E-state index is 0.105. The van der Waals surface area contributed by atoms with Gasteiger partial charge in [0.25, 0.3) is 0 Å². The Kier molecular flexibility index (Phi) is 2.08. The van der Waals surface area contributed by atoms with Gasteiger partial charge in [-0.25, -0.2) is 4.39 Å². The van der Waals surface area contributed by atoms with Crippen LogP contribution in [0.15, 0.2) is 12.1 Å². The van der Waals surface area contributed by atoms with Crippen molar-refractivity contribution >= 4 is 17.4 Å². The standard InChI is InChI=1S/C10H8ClFO/c11-9-4-7-3-8(13)2-1-6(7)5-10(9)12/h4-5H,1-3H2. The molecule has 1 aromatic rings. The van der Waals surface area contributed by atoms with Gasteiger partial charge in [0.1, 0.15) is 11.6 Å².